The van der Waals surface area contributed by atoms with Gasteiger partial charge in [0.25, 0.3) is 0 Å². The van der Waals surface area contributed by atoms with Crippen LogP contribution in [0.2, 0.25) is 0 Å². The molecule has 0 saturated heterocycles. The molecule has 1 rings (SSSR count). The summed E-state index contributed by atoms with van der Waals surface area (Å²) in [4.78, 5) is 12.8. The number of ketones is 1. The van der Waals surface area contributed by atoms with Crippen molar-refractivity contribution in [1.29, 1.82) is 0 Å². The maximum atomic E-state index is 10.9. The van der Waals surface area contributed by atoms with Gasteiger partial charge in [-0.3, -0.25) is 0 Å². The Morgan fingerprint density at radius 3 is 2.57 bits per heavy atom. The summed E-state index contributed by atoms with van der Waals surface area (Å²) in [5.41, 5.74) is 1.10. The van der Waals surface area contributed by atoms with Crippen LogP contribution < -0.4 is 4.74 Å². The molecule has 0 aliphatic carbocycles. The summed E-state index contributed by atoms with van der Waals surface area (Å²) in [6.07, 6.45) is 0.694. The summed E-state index contributed by atoms with van der Waals surface area (Å²) >= 11 is 0. The number of carbonyl (C=O) groups excluding carboxylic acids is 1. The molecule has 1 aromatic carbocycles. The van der Waals surface area contributed by atoms with Gasteiger partial charge in [-0.05, 0) is 38.1 Å². The first-order chi connectivity index (χ1) is 10.0. The first-order valence-corrected chi connectivity index (χ1v) is 7.20. The summed E-state index contributed by atoms with van der Waals surface area (Å²) in [5.74, 6) is 0.885. The molecule has 0 radical (unpaired) electrons. The Morgan fingerprint density at radius 1 is 1.33 bits per heavy atom. The van der Waals surface area contributed by atoms with E-state index in [2.05, 4.69) is 0 Å². The lowest BCUT2D eigenvalue weighted by Crippen LogP contribution is -2.34. The predicted molar refractivity (Wildman–Crippen MR) is 81.5 cm³/mol. The van der Waals surface area contributed by atoms with Crippen molar-refractivity contribution in [2.45, 2.75) is 25.9 Å². The van der Waals surface area contributed by atoms with Crippen molar-refractivity contribution in [3.63, 3.8) is 0 Å². The SMILES string of the molecule is CC(=O)CCc1ccc(OCC(O)CN(C)CCO)cc1. The fourth-order valence-electron chi connectivity index (χ4n) is 1.94. The zero-order chi connectivity index (χ0) is 15.7. The number of nitrogens with zero attached hydrogens (tertiary/aromatic N) is 1. The Balaban J connectivity index is 2.33. The average molecular weight is 295 g/mol. The van der Waals surface area contributed by atoms with Crippen LogP contribution in [0, 0.1) is 0 Å². The van der Waals surface area contributed by atoms with Gasteiger partial charge in [0.2, 0.25) is 0 Å². The smallest absolute Gasteiger partial charge is 0.130 e. The van der Waals surface area contributed by atoms with Crippen LogP contribution in [0.4, 0.5) is 0 Å². The van der Waals surface area contributed by atoms with Gasteiger partial charge >= 0.3 is 0 Å². The summed E-state index contributed by atoms with van der Waals surface area (Å²) in [7, 11) is 1.84. The Labute approximate surface area is 126 Å². The lowest BCUT2D eigenvalue weighted by molar-refractivity contribution is -0.116. The zero-order valence-corrected chi connectivity index (χ0v) is 12.8. The van der Waals surface area contributed by atoms with Crippen molar-refractivity contribution in [3.05, 3.63) is 29.8 Å². The van der Waals surface area contributed by atoms with E-state index >= 15 is 0 Å². The molecule has 0 aromatic heterocycles. The number of hydrogen-bond donors (Lipinski definition) is 2. The van der Waals surface area contributed by atoms with Crippen molar-refractivity contribution in [2.75, 3.05) is 33.4 Å². The van der Waals surface area contributed by atoms with E-state index in [1.54, 1.807) is 6.92 Å². The highest BCUT2D eigenvalue weighted by Gasteiger charge is 2.08. The second-order valence-corrected chi connectivity index (χ2v) is 5.30. The molecule has 0 bridgehead atoms. The first-order valence-electron chi connectivity index (χ1n) is 7.20. The van der Waals surface area contributed by atoms with Gasteiger partial charge in [0.15, 0.2) is 0 Å². The van der Waals surface area contributed by atoms with Crippen LogP contribution in [-0.2, 0) is 11.2 Å². The van der Waals surface area contributed by atoms with E-state index in [0.29, 0.717) is 25.3 Å². The number of rotatable bonds is 10. The molecule has 5 nitrogen and oxygen atoms in total. The van der Waals surface area contributed by atoms with Gasteiger partial charge < -0.3 is 24.6 Å². The van der Waals surface area contributed by atoms with Gasteiger partial charge in [-0.2, -0.15) is 0 Å². The second-order valence-electron chi connectivity index (χ2n) is 5.30. The summed E-state index contributed by atoms with van der Waals surface area (Å²) in [6.45, 7) is 2.86. The average Bonchev–Trinajstić information content (AvgIpc) is 2.44. The number of carbonyl (C=O) groups is 1. The normalized spacial score (nSPS) is 12.4. The van der Waals surface area contributed by atoms with Crippen LogP contribution in [0.5, 0.6) is 5.75 Å². The second kappa shape index (κ2) is 9.50. The summed E-state index contributed by atoms with van der Waals surface area (Å²) in [5, 5.41) is 18.6. The number of benzene rings is 1. The number of Topliss-reactive ketones (excluding diaryl/α,β-unsaturated/α-hetero) is 1. The molecule has 0 aliphatic heterocycles. The molecule has 0 fully saturated rings. The fourth-order valence-corrected chi connectivity index (χ4v) is 1.94. The Bertz CT molecular complexity index is 419. The minimum atomic E-state index is -0.598. The largest absolute Gasteiger partial charge is 0.491 e. The molecule has 21 heavy (non-hydrogen) atoms. The van der Waals surface area contributed by atoms with E-state index in [4.69, 9.17) is 9.84 Å². The number of aryl methyl sites for hydroxylation is 1. The number of aliphatic hydroxyl groups is 2. The van der Waals surface area contributed by atoms with Crippen LogP contribution in [0.25, 0.3) is 0 Å². The van der Waals surface area contributed by atoms with E-state index < -0.39 is 6.10 Å². The standard InChI is InChI=1S/C16H25NO4/c1-13(19)3-4-14-5-7-16(8-6-14)21-12-15(20)11-17(2)9-10-18/h5-8,15,18,20H,3-4,9-12H2,1-2H3. The van der Waals surface area contributed by atoms with Crippen molar-refractivity contribution >= 4 is 5.78 Å². The highest BCUT2D eigenvalue weighted by atomic mass is 16.5. The van der Waals surface area contributed by atoms with E-state index in [1.165, 1.54) is 0 Å². The third-order valence-corrected chi connectivity index (χ3v) is 3.14. The molecule has 1 unspecified atom stereocenters. The van der Waals surface area contributed by atoms with Crippen molar-refractivity contribution in [3.8, 4) is 5.75 Å². The van der Waals surface area contributed by atoms with Crippen molar-refractivity contribution in [1.82, 2.24) is 4.90 Å². The molecule has 0 heterocycles. The minimum Gasteiger partial charge on any atom is -0.491 e. The highest BCUT2D eigenvalue weighted by molar-refractivity contribution is 5.75. The monoisotopic (exact) mass is 295 g/mol. The molecule has 1 atom stereocenters. The van der Waals surface area contributed by atoms with Crippen LogP contribution in [0.1, 0.15) is 18.9 Å². The highest BCUT2D eigenvalue weighted by Crippen LogP contribution is 2.14. The molecular weight excluding hydrogens is 270 g/mol. The van der Waals surface area contributed by atoms with Gasteiger partial charge in [-0.25, -0.2) is 0 Å². The topological polar surface area (TPSA) is 70.0 Å². The molecule has 5 heteroatoms. The van der Waals surface area contributed by atoms with Gasteiger partial charge in [0.1, 0.15) is 24.2 Å². The van der Waals surface area contributed by atoms with E-state index in [1.807, 2.05) is 36.2 Å². The maximum absolute atomic E-state index is 10.9. The zero-order valence-electron chi connectivity index (χ0n) is 12.8. The Morgan fingerprint density at radius 2 is 2.00 bits per heavy atom. The predicted octanol–water partition coefficient (Wildman–Crippen LogP) is 0.872. The van der Waals surface area contributed by atoms with Gasteiger partial charge in [-0.1, -0.05) is 12.1 Å². The quantitative estimate of drug-likeness (QED) is 0.670. The van der Waals surface area contributed by atoms with Gasteiger partial charge in [0.05, 0.1) is 6.61 Å². The Hall–Kier alpha value is -1.43. The fraction of sp³-hybridized carbons (Fsp3) is 0.562. The number of ether oxygens (including phenoxy) is 1. The van der Waals surface area contributed by atoms with E-state index in [0.717, 1.165) is 12.0 Å². The lowest BCUT2D eigenvalue weighted by Gasteiger charge is -2.19. The number of likely N-dealkylation sites (N-methyl/N-ethyl adjacent to an activating group) is 1. The van der Waals surface area contributed by atoms with Gasteiger partial charge in [-0.15, -0.1) is 0 Å². The van der Waals surface area contributed by atoms with Crippen LogP contribution >= 0.6 is 0 Å². The first kappa shape index (κ1) is 17.6. The third-order valence-electron chi connectivity index (χ3n) is 3.14. The summed E-state index contributed by atoms with van der Waals surface area (Å²) in [6, 6.07) is 7.56. The van der Waals surface area contributed by atoms with Crippen LogP contribution in [-0.4, -0.2) is 60.4 Å². The molecule has 0 aliphatic rings. The number of hydrogen-bond acceptors (Lipinski definition) is 5. The number of aliphatic hydroxyl groups excluding tert-OH is 2. The third kappa shape index (κ3) is 7.80. The minimum absolute atomic E-state index is 0.0752. The molecular formula is C16H25NO4. The van der Waals surface area contributed by atoms with E-state index in [-0.39, 0.29) is 19.0 Å². The Kier molecular flexibility index (Phi) is 7.97. The molecule has 0 saturated carbocycles. The molecule has 0 amide bonds. The molecule has 2 N–H and O–H groups in total. The maximum Gasteiger partial charge on any atom is 0.130 e. The van der Waals surface area contributed by atoms with Gasteiger partial charge in [0, 0.05) is 19.5 Å². The molecule has 1 aromatic rings. The molecule has 0 spiro atoms. The van der Waals surface area contributed by atoms with E-state index in [9.17, 15) is 9.90 Å². The van der Waals surface area contributed by atoms with Crippen LogP contribution in [0.15, 0.2) is 24.3 Å². The lowest BCUT2D eigenvalue weighted by atomic mass is 10.1. The van der Waals surface area contributed by atoms with Crippen LogP contribution in [0.3, 0.4) is 0 Å². The molecule has 118 valence electrons. The van der Waals surface area contributed by atoms with Crippen molar-refractivity contribution < 1.29 is 19.7 Å². The van der Waals surface area contributed by atoms with Crippen molar-refractivity contribution in [2.24, 2.45) is 0 Å². The summed E-state index contributed by atoms with van der Waals surface area (Å²) < 4.78 is 5.52.